The summed E-state index contributed by atoms with van der Waals surface area (Å²) in [6.07, 6.45) is 0.275. The summed E-state index contributed by atoms with van der Waals surface area (Å²) in [7, 11) is 0. The quantitative estimate of drug-likeness (QED) is 0.355. The number of hydrogen-bond acceptors (Lipinski definition) is 7. The fraction of sp³-hybridized carbons (Fsp3) is 0.208. The second kappa shape index (κ2) is 9.92. The zero-order valence-electron chi connectivity index (χ0n) is 18.2. The first-order chi connectivity index (χ1) is 16.4. The third-order valence-electron chi connectivity index (χ3n) is 5.16. The number of halogens is 1. The second-order valence-corrected chi connectivity index (χ2v) is 8.34. The van der Waals surface area contributed by atoms with E-state index in [4.69, 9.17) is 4.74 Å². The first-order valence-corrected chi connectivity index (χ1v) is 11.3. The van der Waals surface area contributed by atoms with Gasteiger partial charge in [0, 0.05) is 25.3 Å². The Morgan fingerprint density at radius 2 is 1.71 bits per heavy atom. The van der Waals surface area contributed by atoms with E-state index in [1.165, 1.54) is 25.1 Å². The molecule has 1 aliphatic heterocycles. The third kappa shape index (κ3) is 4.72. The summed E-state index contributed by atoms with van der Waals surface area (Å²) >= 11 is 1.12. The van der Waals surface area contributed by atoms with Crippen LogP contribution in [-0.4, -0.2) is 40.1 Å². The van der Waals surface area contributed by atoms with Gasteiger partial charge in [-0.3, -0.25) is 29.0 Å². The van der Waals surface area contributed by atoms with Crippen LogP contribution < -0.4 is 4.90 Å². The molecule has 1 aromatic heterocycles. The van der Waals surface area contributed by atoms with E-state index in [0.717, 1.165) is 21.1 Å². The number of rotatable bonds is 8. The van der Waals surface area contributed by atoms with E-state index in [-0.39, 0.29) is 48.6 Å². The lowest BCUT2D eigenvalue weighted by molar-refractivity contribution is -0.145. The number of benzene rings is 2. The molecule has 3 amide bonds. The van der Waals surface area contributed by atoms with E-state index in [0.29, 0.717) is 16.8 Å². The van der Waals surface area contributed by atoms with Gasteiger partial charge >= 0.3 is 5.97 Å². The van der Waals surface area contributed by atoms with Crippen LogP contribution in [0.4, 0.5) is 15.2 Å². The largest absolute Gasteiger partial charge is 0.459 e. The fourth-order valence-electron chi connectivity index (χ4n) is 3.56. The Balaban J connectivity index is 1.29. The summed E-state index contributed by atoms with van der Waals surface area (Å²) in [6, 6.07) is 12.5. The standard InChI is InChI=1S/C24H20FN3O5S/c1-15(29)28(20-10-5-4-9-19(20)25)24-26-16(14-34-24)13-33-21(30)11-6-12-27-22(31)17-7-2-3-8-18(17)23(27)32/h2-5,7-10,14H,6,11-13H2,1H3. The number of esters is 1. The lowest BCUT2D eigenvalue weighted by atomic mass is 10.1. The highest BCUT2D eigenvalue weighted by atomic mass is 32.1. The molecule has 3 aromatic rings. The maximum absolute atomic E-state index is 14.2. The first-order valence-electron chi connectivity index (χ1n) is 10.5. The molecule has 0 atom stereocenters. The Kier molecular flexibility index (Phi) is 6.78. The molecule has 174 valence electrons. The normalized spacial score (nSPS) is 12.6. The molecular formula is C24H20FN3O5S. The van der Waals surface area contributed by atoms with Crippen molar-refractivity contribution < 1.29 is 28.3 Å². The lowest BCUT2D eigenvalue weighted by Gasteiger charge is -2.18. The Bertz CT molecular complexity index is 1240. The Morgan fingerprint density at radius 1 is 1.06 bits per heavy atom. The van der Waals surface area contributed by atoms with E-state index in [1.54, 1.807) is 35.7 Å². The van der Waals surface area contributed by atoms with Gasteiger partial charge in [0.15, 0.2) is 5.13 Å². The van der Waals surface area contributed by atoms with Gasteiger partial charge in [-0.1, -0.05) is 24.3 Å². The number of anilines is 2. The summed E-state index contributed by atoms with van der Waals surface area (Å²) < 4.78 is 19.4. The third-order valence-corrected chi connectivity index (χ3v) is 6.04. The van der Waals surface area contributed by atoms with Crippen LogP contribution >= 0.6 is 11.3 Å². The molecule has 4 rings (SSSR count). The van der Waals surface area contributed by atoms with Crippen LogP contribution in [-0.2, 0) is 20.9 Å². The maximum Gasteiger partial charge on any atom is 0.306 e. The molecule has 0 fully saturated rings. The van der Waals surface area contributed by atoms with Gasteiger partial charge in [0.1, 0.15) is 12.4 Å². The fourth-order valence-corrected chi connectivity index (χ4v) is 4.42. The second-order valence-electron chi connectivity index (χ2n) is 7.50. The molecular weight excluding hydrogens is 461 g/mol. The van der Waals surface area contributed by atoms with Crippen molar-refractivity contribution in [2.75, 3.05) is 11.4 Å². The minimum Gasteiger partial charge on any atom is -0.459 e. The average Bonchev–Trinajstić information content (AvgIpc) is 3.38. The number of thiazole rings is 1. The Hall–Kier alpha value is -3.92. The number of hydrogen-bond donors (Lipinski definition) is 0. The smallest absolute Gasteiger partial charge is 0.306 e. The average molecular weight is 482 g/mol. The van der Waals surface area contributed by atoms with E-state index >= 15 is 0 Å². The number of nitrogens with zero attached hydrogens (tertiary/aromatic N) is 3. The van der Waals surface area contributed by atoms with Crippen LogP contribution in [0.15, 0.2) is 53.9 Å². The van der Waals surface area contributed by atoms with Gasteiger partial charge in [0.05, 0.1) is 22.5 Å². The minimum atomic E-state index is -0.557. The van der Waals surface area contributed by atoms with E-state index < -0.39 is 17.7 Å². The molecule has 2 heterocycles. The van der Waals surface area contributed by atoms with Crippen LogP contribution in [0.5, 0.6) is 0 Å². The molecule has 34 heavy (non-hydrogen) atoms. The molecule has 0 saturated heterocycles. The van der Waals surface area contributed by atoms with Gasteiger partial charge in [-0.15, -0.1) is 11.3 Å². The molecule has 0 radical (unpaired) electrons. The number of carbonyl (C=O) groups is 4. The lowest BCUT2D eigenvalue weighted by Crippen LogP contribution is -2.31. The predicted octanol–water partition coefficient (Wildman–Crippen LogP) is 4.09. The molecule has 0 spiro atoms. The van der Waals surface area contributed by atoms with Crippen LogP contribution in [0, 0.1) is 5.82 Å². The molecule has 0 saturated carbocycles. The molecule has 10 heteroatoms. The number of aromatic nitrogens is 1. The number of imide groups is 1. The van der Waals surface area contributed by atoms with Crippen LogP contribution in [0.3, 0.4) is 0 Å². The zero-order chi connectivity index (χ0) is 24.2. The summed E-state index contributed by atoms with van der Waals surface area (Å²) in [6.45, 7) is 1.30. The van der Waals surface area contributed by atoms with Gasteiger partial charge in [-0.25, -0.2) is 9.37 Å². The highest BCUT2D eigenvalue weighted by molar-refractivity contribution is 7.14. The van der Waals surface area contributed by atoms with Crippen molar-refractivity contribution in [1.29, 1.82) is 0 Å². The molecule has 0 aliphatic carbocycles. The van der Waals surface area contributed by atoms with Crippen molar-refractivity contribution in [3.05, 3.63) is 76.5 Å². The van der Waals surface area contributed by atoms with Crippen molar-refractivity contribution in [3.8, 4) is 0 Å². The zero-order valence-corrected chi connectivity index (χ0v) is 19.0. The summed E-state index contributed by atoms with van der Waals surface area (Å²) in [5, 5.41) is 1.88. The van der Waals surface area contributed by atoms with Crippen molar-refractivity contribution in [1.82, 2.24) is 9.88 Å². The molecule has 0 N–H and O–H groups in total. The number of ether oxygens (including phenoxy) is 1. The van der Waals surface area contributed by atoms with Gasteiger partial charge < -0.3 is 4.74 Å². The van der Waals surface area contributed by atoms with E-state index in [1.807, 2.05) is 0 Å². The maximum atomic E-state index is 14.2. The van der Waals surface area contributed by atoms with Crippen LogP contribution in [0.2, 0.25) is 0 Å². The molecule has 0 bridgehead atoms. The Labute approximate surface area is 198 Å². The topological polar surface area (TPSA) is 96.9 Å². The summed E-state index contributed by atoms with van der Waals surface area (Å²) in [5.41, 5.74) is 1.23. The first kappa shape index (κ1) is 23.2. The predicted molar refractivity (Wildman–Crippen MR) is 122 cm³/mol. The van der Waals surface area contributed by atoms with E-state index in [9.17, 15) is 23.6 Å². The number of para-hydroxylation sites is 1. The summed E-state index contributed by atoms with van der Waals surface area (Å²) in [5.74, 6) is -2.21. The molecule has 1 aliphatic rings. The number of fused-ring (bicyclic) bond motifs is 1. The SMILES string of the molecule is CC(=O)N(c1nc(COC(=O)CCCN2C(=O)c3ccccc3C2=O)cs1)c1ccccc1F. The van der Waals surface area contributed by atoms with Crippen molar-refractivity contribution in [2.24, 2.45) is 0 Å². The van der Waals surface area contributed by atoms with Crippen LogP contribution in [0.1, 0.15) is 46.2 Å². The van der Waals surface area contributed by atoms with Crippen LogP contribution in [0.25, 0.3) is 0 Å². The number of carbonyl (C=O) groups excluding carboxylic acids is 4. The summed E-state index contributed by atoms with van der Waals surface area (Å²) in [4.78, 5) is 55.5. The van der Waals surface area contributed by atoms with Crippen molar-refractivity contribution >= 4 is 45.8 Å². The Morgan fingerprint density at radius 3 is 2.35 bits per heavy atom. The van der Waals surface area contributed by atoms with Gasteiger partial charge in [-0.05, 0) is 30.7 Å². The van der Waals surface area contributed by atoms with Gasteiger partial charge in [0.2, 0.25) is 5.91 Å². The number of amides is 3. The van der Waals surface area contributed by atoms with Gasteiger partial charge in [-0.2, -0.15) is 0 Å². The van der Waals surface area contributed by atoms with Crippen molar-refractivity contribution in [3.63, 3.8) is 0 Å². The van der Waals surface area contributed by atoms with Gasteiger partial charge in [0.25, 0.3) is 11.8 Å². The highest BCUT2D eigenvalue weighted by Gasteiger charge is 2.34. The minimum absolute atomic E-state index is 0.0131. The highest BCUT2D eigenvalue weighted by Crippen LogP contribution is 2.31. The van der Waals surface area contributed by atoms with Crippen molar-refractivity contribution in [2.45, 2.75) is 26.4 Å². The molecule has 8 nitrogen and oxygen atoms in total. The monoisotopic (exact) mass is 481 g/mol. The molecule has 2 aromatic carbocycles. The molecule has 0 unspecified atom stereocenters. The van der Waals surface area contributed by atoms with E-state index in [2.05, 4.69) is 4.98 Å².